The maximum Gasteiger partial charge on any atom is 0.225 e. The molecule has 0 spiro atoms. The number of nitrogens with zero attached hydrogens (tertiary/aromatic N) is 2. The van der Waals surface area contributed by atoms with Crippen molar-refractivity contribution in [1.29, 1.82) is 0 Å². The third-order valence-electron chi connectivity index (χ3n) is 4.93. The standard InChI is InChI=1S/C15H26N2O3/c18-14(13-3-9-20-10-4-13)17-8-5-15(19,12-17)11-16-6-1-2-7-16/h13,19H,1-12H2/t15-/m0/s1. The summed E-state index contributed by atoms with van der Waals surface area (Å²) in [7, 11) is 0. The second-order valence-corrected chi connectivity index (χ2v) is 6.60. The van der Waals surface area contributed by atoms with Crippen LogP contribution < -0.4 is 0 Å². The molecule has 3 aliphatic rings. The second kappa shape index (κ2) is 6.00. The van der Waals surface area contributed by atoms with Crippen molar-refractivity contribution in [3.05, 3.63) is 0 Å². The first-order valence-electron chi connectivity index (χ1n) is 7.98. The molecule has 5 heteroatoms. The largest absolute Gasteiger partial charge is 0.387 e. The molecule has 1 N–H and O–H groups in total. The minimum absolute atomic E-state index is 0.109. The second-order valence-electron chi connectivity index (χ2n) is 6.60. The molecule has 0 unspecified atom stereocenters. The topological polar surface area (TPSA) is 53.0 Å². The Balaban J connectivity index is 1.53. The predicted molar refractivity (Wildman–Crippen MR) is 75.4 cm³/mol. The van der Waals surface area contributed by atoms with Gasteiger partial charge in [-0.1, -0.05) is 0 Å². The molecule has 1 amide bonds. The number of carbonyl (C=O) groups is 1. The van der Waals surface area contributed by atoms with Crippen molar-refractivity contribution in [3.63, 3.8) is 0 Å². The van der Waals surface area contributed by atoms with Crippen LogP contribution in [0.25, 0.3) is 0 Å². The van der Waals surface area contributed by atoms with Crippen molar-refractivity contribution in [2.24, 2.45) is 5.92 Å². The van der Waals surface area contributed by atoms with Gasteiger partial charge in [0, 0.05) is 32.2 Å². The lowest BCUT2D eigenvalue weighted by Crippen LogP contribution is -2.46. The van der Waals surface area contributed by atoms with Gasteiger partial charge in [-0.3, -0.25) is 4.79 Å². The minimum atomic E-state index is -0.689. The first-order chi connectivity index (χ1) is 9.66. The normalized spacial score (nSPS) is 33.0. The van der Waals surface area contributed by atoms with Gasteiger partial charge in [-0.25, -0.2) is 0 Å². The number of carbonyl (C=O) groups excluding carboxylic acids is 1. The van der Waals surface area contributed by atoms with E-state index in [1.54, 1.807) is 0 Å². The van der Waals surface area contributed by atoms with Crippen molar-refractivity contribution >= 4 is 5.91 Å². The number of hydrogen-bond acceptors (Lipinski definition) is 4. The average molecular weight is 282 g/mol. The lowest BCUT2D eigenvalue weighted by atomic mass is 9.98. The van der Waals surface area contributed by atoms with Crippen LogP contribution >= 0.6 is 0 Å². The van der Waals surface area contributed by atoms with Gasteiger partial charge in [0.2, 0.25) is 5.91 Å². The number of β-amino-alcohol motifs (C(OH)–C–C–N with tert-alkyl or cyclic N) is 1. The summed E-state index contributed by atoms with van der Waals surface area (Å²) in [6.45, 7) is 5.53. The molecule has 3 fully saturated rings. The fourth-order valence-corrected chi connectivity index (χ4v) is 3.73. The van der Waals surface area contributed by atoms with Crippen molar-refractivity contribution in [3.8, 4) is 0 Å². The molecule has 5 nitrogen and oxygen atoms in total. The van der Waals surface area contributed by atoms with E-state index in [0.717, 1.165) is 38.9 Å². The van der Waals surface area contributed by atoms with E-state index in [-0.39, 0.29) is 11.8 Å². The predicted octanol–water partition coefficient (Wildman–Crippen LogP) is 0.472. The Kier molecular flexibility index (Phi) is 4.29. The van der Waals surface area contributed by atoms with E-state index in [1.165, 1.54) is 12.8 Å². The van der Waals surface area contributed by atoms with Crippen LogP contribution in [0.4, 0.5) is 0 Å². The monoisotopic (exact) mass is 282 g/mol. The molecule has 3 saturated heterocycles. The number of aliphatic hydroxyl groups is 1. The molecule has 3 rings (SSSR count). The van der Waals surface area contributed by atoms with Crippen LogP contribution in [0.3, 0.4) is 0 Å². The summed E-state index contributed by atoms with van der Waals surface area (Å²) in [5.41, 5.74) is -0.689. The quantitative estimate of drug-likeness (QED) is 0.818. The Hall–Kier alpha value is -0.650. The highest BCUT2D eigenvalue weighted by Gasteiger charge is 2.41. The van der Waals surface area contributed by atoms with E-state index >= 15 is 0 Å². The number of rotatable bonds is 3. The molecule has 0 bridgehead atoms. The van der Waals surface area contributed by atoms with Gasteiger partial charge in [-0.15, -0.1) is 0 Å². The third kappa shape index (κ3) is 3.15. The molecule has 3 heterocycles. The molecule has 0 aromatic carbocycles. The Bertz CT molecular complexity index is 351. The van der Waals surface area contributed by atoms with Crippen LogP contribution in [0.2, 0.25) is 0 Å². The number of ether oxygens (including phenoxy) is 1. The van der Waals surface area contributed by atoms with E-state index in [1.807, 2.05) is 4.90 Å². The van der Waals surface area contributed by atoms with E-state index < -0.39 is 5.60 Å². The number of amides is 1. The molecule has 0 radical (unpaired) electrons. The Morgan fingerprint density at radius 1 is 1.20 bits per heavy atom. The van der Waals surface area contributed by atoms with Crippen molar-refractivity contribution in [2.75, 3.05) is 45.9 Å². The summed E-state index contributed by atoms with van der Waals surface area (Å²) in [6, 6.07) is 0. The highest BCUT2D eigenvalue weighted by atomic mass is 16.5. The average Bonchev–Trinajstić information content (AvgIpc) is 3.09. The van der Waals surface area contributed by atoms with Gasteiger partial charge in [0.25, 0.3) is 0 Å². The van der Waals surface area contributed by atoms with Crippen LogP contribution in [0.1, 0.15) is 32.1 Å². The van der Waals surface area contributed by atoms with Crippen molar-refractivity contribution in [2.45, 2.75) is 37.7 Å². The fourth-order valence-electron chi connectivity index (χ4n) is 3.73. The molecule has 0 aliphatic carbocycles. The lowest BCUT2D eigenvalue weighted by Gasteiger charge is -2.30. The van der Waals surface area contributed by atoms with E-state index in [4.69, 9.17) is 4.74 Å². The first-order valence-corrected chi connectivity index (χ1v) is 7.98. The molecule has 20 heavy (non-hydrogen) atoms. The molecular formula is C15H26N2O3. The van der Waals surface area contributed by atoms with Crippen LogP contribution in [0.5, 0.6) is 0 Å². The number of hydrogen-bond donors (Lipinski definition) is 1. The van der Waals surface area contributed by atoms with Gasteiger partial charge in [-0.2, -0.15) is 0 Å². The summed E-state index contributed by atoms with van der Waals surface area (Å²) >= 11 is 0. The molecule has 0 aromatic heterocycles. The highest BCUT2D eigenvalue weighted by Crippen LogP contribution is 2.27. The zero-order valence-corrected chi connectivity index (χ0v) is 12.2. The molecule has 3 aliphatic heterocycles. The highest BCUT2D eigenvalue weighted by molar-refractivity contribution is 5.79. The minimum Gasteiger partial charge on any atom is -0.387 e. The summed E-state index contributed by atoms with van der Waals surface area (Å²) in [5.74, 6) is 0.337. The molecule has 0 saturated carbocycles. The van der Waals surface area contributed by atoms with Gasteiger partial charge >= 0.3 is 0 Å². The summed E-state index contributed by atoms with van der Waals surface area (Å²) in [4.78, 5) is 16.7. The van der Waals surface area contributed by atoms with E-state index in [0.29, 0.717) is 26.3 Å². The molecular weight excluding hydrogens is 256 g/mol. The van der Waals surface area contributed by atoms with E-state index in [2.05, 4.69) is 4.90 Å². The van der Waals surface area contributed by atoms with Gasteiger partial charge in [0.05, 0.1) is 12.1 Å². The van der Waals surface area contributed by atoms with Crippen LogP contribution in [-0.4, -0.2) is 72.4 Å². The van der Waals surface area contributed by atoms with Gasteiger partial charge in [0.15, 0.2) is 0 Å². The fraction of sp³-hybridized carbons (Fsp3) is 0.933. The Morgan fingerprint density at radius 3 is 2.60 bits per heavy atom. The molecule has 114 valence electrons. The summed E-state index contributed by atoms with van der Waals surface area (Å²) in [6.07, 6.45) is 4.86. The SMILES string of the molecule is O=C(C1CCOCC1)N1CC[C@](O)(CN2CCCC2)C1. The smallest absolute Gasteiger partial charge is 0.225 e. The van der Waals surface area contributed by atoms with Crippen LogP contribution in [0, 0.1) is 5.92 Å². The molecule has 0 aromatic rings. The molecule has 1 atom stereocenters. The Morgan fingerprint density at radius 2 is 1.90 bits per heavy atom. The van der Waals surface area contributed by atoms with Gasteiger partial charge in [0.1, 0.15) is 0 Å². The number of likely N-dealkylation sites (tertiary alicyclic amines) is 2. The van der Waals surface area contributed by atoms with Crippen molar-refractivity contribution in [1.82, 2.24) is 9.80 Å². The maximum absolute atomic E-state index is 12.5. The zero-order valence-electron chi connectivity index (χ0n) is 12.2. The summed E-state index contributed by atoms with van der Waals surface area (Å²) < 4.78 is 5.32. The first kappa shape index (κ1) is 14.3. The van der Waals surface area contributed by atoms with Crippen LogP contribution in [0.15, 0.2) is 0 Å². The lowest BCUT2D eigenvalue weighted by molar-refractivity contribution is -0.138. The van der Waals surface area contributed by atoms with E-state index in [9.17, 15) is 9.90 Å². The van der Waals surface area contributed by atoms with Gasteiger partial charge < -0.3 is 19.6 Å². The van der Waals surface area contributed by atoms with Crippen LogP contribution in [-0.2, 0) is 9.53 Å². The zero-order chi connectivity index (χ0) is 14.0. The van der Waals surface area contributed by atoms with Crippen molar-refractivity contribution < 1.29 is 14.6 Å². The third-order valence-corrected chi connectivity index (χ3v) is 4.93. The Labute approximate surface area is 120 Å². The van der Waals surface area contributed by atoms with Gasteiger partial charge in [-0.05, 0) is 45.2 Å². The maximum atomic E-state index is 12.5. The summed E-state index contributed by atoms with van der Waals surface area (Å²) in [5, 5.41) is 10.7.